The number of halogens is 1. The molecular formula is C15H12BrN3O. The quantitative estimate of drug-likeness (QED) is 0.558. The van der Waals surface area contributed by atoms with E-state index in [0.717, 1.165) is 15.4 Å². The Morgan fingerprint density at radius 2 is 2.10 bits per heavy atom. The number of anilines is 1. The van der Waals surface area contributed by atoms with Gasteiger partial charge in [-0.1, -0.05) is 11.6 Å². The van der Waals surface area contributed by atoms with Crippen LogP contribution in [0.4, 0.5) is 5.69 Å². The second-order valence-electron chi connectivity index (χ2n) is 4.67. The minimum absolute atomic E-state index is 0.0997. The third-order valence-corrected chi connectivity index (χ3v) is 3.63. The molecule has 0 aliphatic rings. The van der Waals surface area contributed by atoms with Crippen LogP contribution < -0.4 is 5.73 Å². The van der Waals surface area contributed by atoms with E-state index in [9.17, 15) is 4.79 Å². The molecule has 20 heavy (non-hydrogen) atoms. The van der Waals surface area contributed by atoms with E-state index in [4.69, 9.17) is 5.73 Å². The number of carbonyl (C=O) groups is 1. The average molecular weight is 330 g/mol. The van der Waals surface area contributed by atoms with Crippen molar-refractivity contribution in [3.8, 4) is 0 Å². The number of hydrogen-bond donors (Lipinski definition) is 2. The first-order valence-corrected chi connectivity index (χ1v) is 6.89. The molecule has 1 aromatic carbocycles. The Labute approximate surface area is 124 Å². The van der Waals surface area contributed by atoms with E-state index in [1.807, 2.05) is 25.1 Å². The maximum absolute atomic E-state index is 12.7. The zero-order valence-corrected chi connectivity index (χ0v) is 12.4. The molecule has 2 aromatic heterocycles. The van der Waals surface area contributed by atoms with Crippen LogP contribution in [0, 0.1) is 6.92 Å². The van der Waals surface area contributed by atoms with Crippen LogP contribution in [0.25, 0.3) is 11.0 Å². The van der Waals surface area contributed by atoms with Crippen LogP contribution in [0.15, 0.2) is 41.1 Å². The first-order valence-electron chi connectivity index (χ1n) is 6.09. The molecule has 0 radical (unpaired) electrons. The third kappa shape index (κ3) is 2.10. The van der Waals surface area contributed by atoms with Crippen molar-refractivity contribution in [3.05, 3.63) is 57.8 Å². The van der Waals surface area contributed by atoms with E-state index in [2.05, 4.69) is 25.9 Å². The molecule has 100 valence electrons. The number of H-pyrrole nitrogens is 1. The topological polar surface area (TPSA) is 71.8 Å². The SMILES string of the molecule is Cc1ccc(N)c(C(=O)c2c[nH]c3ncc(Br)cc23)c1. The summed E-state index contributed by atoms with van der Waals surface area (Å²) in [6.45, 7) is 1.93. The molecule has 0 unspecified atom stereocenters. The van der Waals surface area contributed by atoms with Gasteiger partial charge in [-0.25, -0.2) is 4.98 Å². The van der Waals surface area contributed by atoms with Crippen LogP contribution in [-0.2, 0) is 0 Å². The zero-order valence-electron chi connectivity index (χ0n) is 10.8. The smallest absolute Gasteiger partial charge is 0.197 e. The van der Waals surface area contributed by atoms with Crippen LogP contribution in [-0.4, -0.2) is 15.8 Å². The number of nitrogen functional groups attached to an aromatic ring is 1. The number of fused-ring (bicyclic) bond motifs is 1. The van der Waals surface area contributed by atoms with Crippen molar-refractivity contribution >= 4 is 38.4 Å². The molecule has 4 nitrogen and oxygen atoms in total. The normalized spacial score (nSPS) is 10.9. The number of benzene rings is 1. The third-order valence-electron chi connectivity index (χ3n) is 3.20. The number of ketones is 1. The minimum atomic E-state index is -0.0997. The highest BCUT2D eigenvalue weighted by atomic mass is 79.9. The van der Waals surface area contributed by atoms with Crippen molar-refractivity contribution in [3.63, 3.8) is 0 Å². The lowest BCUT2D eigenvalue weighted by Gasteiger charge is -2.05. The van der Waals surface area contributed by atoms with Crippen LogP contribution in [0.5, 0.6) is 0 Å². The van der Waals surface area contributed by atoms with Gasteiger partial charge >= 0.3 is 0 Å². The highest BCUT2D eigenvalue weighted by molar-refractivity contribution is 9.10. The Balaban J connectivity index is 2.17. The maximum atomic E-state index is 12.7. The van der Waals surface area contributed by atoms with Crippen molar-refractivity contribution in [2.75, 3.05) is 5.73 Å². The number of pyridine rings is 1. The summed E-state index contributed by atoms with van der Waals surface area (Å²) >= 11 is 3.37. The number of nitrogens with zero attached hydrogens (tertiary/aromatic N) is 1. The molecule has 0 aliphatic carbocycles. The van der Waals surface area contributed by atoms with Gasteiger partial charge in [-0.05, 0) is 41.1 Å². The molecule has 3 N–H and O–H groups in total. The van der Waals surface area contributed by atoms with Gasteiger partial charge in [0.05, 0.1) is 0 Å². The number of rotatable bonds is 2. The largest absolute Gasteiger partial charge is 0.398 e. The van der Waals surface area contributed by atoms with Crippen molar-refractivity contribution < 1.29 is 4.79 Å². The van der Waals surface area contributed by atoms with Gasteiger partial charge in [-0.15, -0.1) is 0 Å². The lowest BCUT2D eigenvalue weighted by molar-refractivity contribution is 0.104. The summed E-state index contributed by atoms with van der Waals surface area (Å²) in [5.41, 5.74) is 9.18. The Morgan fingerprint density at radius 3 is 2.90 bits per heavy atom. The summed E-state index contributed by atoms with van der Waals surface area (Å²) < 4.78 is 0.830. The lowest BCUT2D eigenvalue weighted by Crippen LogP contribution is -2.05. The molecule has 0 fully saturated rings. The molecule has 0 saturated heterocycles. The summed E-state index contributed by atoms with van der Waals surface area (Å²) in [5.74, 6) is -0.0997. The summed E-state index contributed by atoms with van der Waals surface area (Å²) in [6, 6.07) is 7.32. The summed E-state index contributed by atoms with van der Waals surface area (Å²) in [5, 5.41) is 0.783. The van der Waals surface area contributed by atoms with Crippen LogP contribution in [0.3, 0.4) is 0 Å². The van der Waals surface area contributed by atoms with Gasteiger partial charge in [0.25, 0.3) is 0 Å². The van der Waals surface area contributed by atoms with E-state index in [0.29, 0.717) is 22.5 Å². The molecule has 0 spiro atoms. The van der Waals surface area contributed by atoms with Gasteiger partial charge in [0, 0.05) is 39.1 Å². The molecule has 0 bridgehead atoms. The molecular weight excluding hydrogens is 318 g/mol. The lowest BCUT2D eigenvalue weighted by atomic mass is 10.00. The molecule has 3 aromatic rings. The fraction of sp³-hybridized carbons (Fsp3) is 0.0667. The van der Waals surface area contributed by atoms with E-state index < -0.39 is 0 Å². The molecule has 0 saturated carbocycles. The van der Waals surface area contributed by atoms with Crippen molar-refractivity contribution in [2.24, 2.45) is 0 Å². The number of hydrogen-bond acceptors (Lipinski definition) is 3. The average Bonchev–Trinajstić information content (AvgIpc) is 2.83. The van der Waals surface area contributed by atoms with Gasteiger partial charge in [0.2, 0.25) is 0 Å². The van der Waals surface area contributed by atoms with Crippen LogP contribution in [0.2, 0.25) is 0 Å². The van der Waals surface area contributed by atoms with E-state index >= 15 is 0 Å². The van der Waals surface area contributed by atoms with Crippen LogP contribution in [0.1, 0.15) is 21.5 Å². The molecule has 0 aliphatic heterocycles. The second-order valence-corrected chi connectivity index (χ2v) is 5.59. The van der Waals surface area contributed by atoms with Crippen LogP contribution >= 0.6 is 15.9 Å². The number of aromatic amines is 1. The highest BCUT2D eigenvalue weighted by Crippen LogP contribution is 2.25. The van der Waals surface area contributed by atoms with Crippen molar-refractivity contribution in [1.82, 2.24) is 9.97 Å². The molecule has 2 heterocycles. The fourth-order valence-electron chi connectivity index (χ4n) is 2.18. The van der Waals surface area contributed by atoms with Gasteiger partial charge in [-0.2, -0.15) is 0 Å². The summed E-state index contributed by atoms with van der Waals surface area (Å²) in [6.07, 6.45) is 3.36. The predicted octanol–water partition coefficient (Wildman–Crippen LogP) is 3.45. The van der Waals surface area contributed by atoms with E-state index in [1.54, 1.807) is 18.5 Å². The molecule has 5 heteroatoms. The van der Waals surface area contributed by atoms with Crippen molar-refractivity contribution in [1.29, 1.82) is 0 Å². The highest BCUT2D eigenvalue weighted by Gasteiger charge is 2.17. The van der Waals surface area contributed by atoms with Gasteiger partial charge < -0.3 is 10.7 Å². The summed E-state index contributed by atoms with van der Waals surface area (Å²) in [4.78, 5) is 19.9. The molecule has 0 amide bonds. The number of nitrogens with one attached hydrogen (secondary N) is 1. The Bertz CT molecular complexity index is 823. The van der Waals surface area contributed by atoms with Gasteiger partial charge in [0.15, 0.2) is 5.78 Å². The van der Waals surface area contributed by atoms with Gasteiger partial charge in [0.1, 0.15) is 5.65 Å². The van der Waals surface area contributed by atoms with E-state index in [-0.39, 0.29) is 5.78 Å². The Hall–Kier alpha value is -2.14. The first kappa shape index (κ1) is 12.9. The van der Waals surface area contributed by atoms with E-state index in [1.165, 1.54) is 0 Å². The zero-order chi connectivity index (χ0) is 14.3. The minimum Gasteiger partial charge on any atom is -0.398 e. The number of carbonyl (C=O) groups excluding carboxylic acids is 1. The summed E-state index contributed by atoms with van der Waals surface area (Å²) in [7, 11) is 0. The Kier molecular flexibility index (Phi) is 3.06. The van der Waals surface area contributed by atoms with Crippen molar-refractivity contribution in [2.45, 2.75) is 6.92 Å². The first-order chi connectivity index (χ1) is 9.56. The molecule has 3 rings (SSSR count). The second kappa shape index (κ2) is 4.76. The predicted molar refractivity (Wildman–Crippen MR) is 82.8 cm³/mol. The fourth-order valence-corrected chi connectivity index (χ4v) is 2.51. The monoisotopic (exact) mass is 329 g/mol. The number of nitrogens with two attached hydrogens (primary N) is 1. The standard InChI is InChI=1S/C15H12BrN3O/c1-8-2-3-13(17)11(4-8)14(20)12-7-19-15-10(12)5-9(16)6-18-15/h2-7H,17H2,1H3,(H,18,19). The number of aromatic nitrogens is 2. The molecule has 0 atom stereocenters. The Morgan fingerprint density at radius 1 is 1.30 bits per heavy atom. The van der Waals surface area contributed by atoms with Gasteiger partial charge in [-0.3, -0.25) is 4.79 Å². The number of aryl methyl sites for hydroxylation is 1. The maximum Gasteiger partial charge on any atom is 0.197 e.